The summed E-state index contributed by atoms with van der Waals surface area (Å²) in [7, 11) is 0. The second kappa shape index (κ2) is 10.0. The molecule has 0 aliphatic heterocycles. The first-order valence-corrected chi connectivity index (χ1v) is 11.7. The van der Waals surface area contributed by atoms with Crippen LogP contribution < -0.4 is 10.6 Å². The fourth-order valence-corrected chi connectivity index (χ4v) is 4.76. The van der Waals surface area contributed by atoms with Gasteiger partial charge in [-0.25, -0.2) is 14.6 Å². The van der Waals surface area contributed by atoms with Crippen molar-refractivity contribution in [2.45, 2.75) is 32.4 Å². The van der Waals surface area contributed by atoms with E-state index in [4.69, 9.17) is 9.84 Å². The van der Waals surface area contributed by atoms with Crippen LogP contribution in [0.2, 0.25) is 0 Å². The number of aromatic nitrogens is 1. The van der Waals surface area contributed by atoms with E-state index in [1.165, 1.54) is 6.20 Å². The van der Waals surface area contributed by atoms with Gasteiger partial charge in [0.1, 0.15) is 22.5 Å². The van der Waals surface area contributed by atoms with Gasteiger partial charge in [-0.2, -0.15) is 0 Å². The van der Waals surface area contributed by atoms with E-state index in [0.717, 1.165) is 33.6 Å². The largest absolute Gasteiger partial charge is 0.477 e. The standard InChI is InChI=1S/C25H25N3O5S/c1-14(2)22(23(29)27-12-21-26-11-20(34-21)24(30)31)28-25(32)33-13-19-17-9-5-3-7-15(17)16-8-4-6-10-18(16)19/h3-11,14,19,22H,12-13H2,1-2H3,(H,27,29)(H,28,32)(H,30,31)/t22-/m0/s1. The average molecular weight is 480 g/mol. The molecule has 176 valence electrons. The molecule has 0 unspecified atom stereocenters. The predicted molar refractivity (Wildman–Crippen MR) is 128 cm³/mol. The Hall–Kier alpha value is -3.72. The van der Waals surface area contributed by atoms with Crippen LogP contribution >= 0.6 is 11.3 Å². The lowest BCUT2D eigenvalue weighted by molar-refractivity contribution is -0.124. The zero-order chi connectivity index (χ0) is 24.2. The first kappa shape index (κ1) is 23.4. The number of fused-ring (bicyclic) bond motifs is 3. The summed E-state index contributed by atoms with van der Waals surface area (Å²) < 4.78 is 5.56. The Labute approximate surface area is 201 Å². The van der Waals surface area contributed by atoms with Gasteiger partial charge in [0.05, 0.1) is 12.7 Å². The van der Waals surface area contributed by atoms with Gasteiger partial charge in [-0.1, -0.05) is 62.4 Å². The summed E-state index contributed by atoms with van der Waals surface area (Å²) in [5.41, 5.74) is 4.50. The van der Waals surface area contributed by atoms with Crippen molar-refractivity contribution >= 4 is 29.3 Å². The van der Waals surface area contributed by atoms with Crippen LogP contribution in [0.1, 0.15) is 45.6 Å². The van der Waals surface area contributed by atoms with Crippen LogP contribution in [0.3, 0.4) is 0 Å². The molecule has 4 rings (SSSR count). The Morgan fingerprint density at radius 1 is 1.06 bits per heavy atom. The quantitative estimate of drug-likeness (QED) is 0.449. The van der Waals surface area contributed by atoms with Crippen LogP contribution in [0.25, 0.3) is 11.1 Å². The SMILES string of the molecule is CC(C)[C@H](NC(=O)OCC1c2ccccc2-c2ccccc21)C(=O)NCc1ncc(C(=O)O)s1. The number of carbonyl (C=O) groups excluding carboxylic acids is 2. The van der Waals surface area contributed by atoms with E-state index in [2.05, 4.69) is 27.8 Å². The normalized spacial score (nSPS) is 13.1. The summed E-state index contributed by atoms with van der Waals surface area (Å²) in [6, 6.07) is 15.3. The number of hydrogen-bond donors (Lipinski definition) is 3. The molecule has 0 saturated carbocycles. The monoisotopic (exact) mass is 479 g/mol. The molecular formula is C25H25N3O5S. The summed E-state index contributed by atoms with van der Waals surface area (Å²) in [5.74, 6) is -1.72. The smallest absolute Gasteiger partial charge is 0.407 e. The van der Waals surface area contributed by atoms with E-state index >= 15 is 0 Å². The number of carboxylic acids is 1. The third-order valence-electron chi connectivity index (χ3n) is 5.74. The molecule has 1 aliphatic carbocycles. The van der Waals surface area contributed by atoms with Gasteiger partial charge in [-0.15, -0.1) is 11.3 Å². The molecular weight excluding hydrogens is 454 g/mol. The molecule has 1 atom stereocenters. The second-order valence-corrected chi connectivity index (χ2v) is 9.45. The molecule has 0 radical (unpaired) electrons. The zero-order valence-corrected chi connectivity index (χ0v) is 19.6. The number of nitrogens with zero attached hydrogens (tertiary/aromatic N) is 1. The molecule has 1 aromatic heterocycles. The van der Waals surface area contributed by atoms with Crippen LogP contribution in [-0.4, -0.2) is 40.7 Å². The lowest BCUT2D eigenvalue weighted by Crippen LogP contribution is -2.49. The highest BCUT2D eigenvalue weighted by molar-refractivity contribution is 7.13. The molecule has 34 heavy (non-hydrogen) atoms. The minimum atomic E-state index is -1.06. The molecule has 1 aliphatic rings. The van der Waals surface area contributed by atoms with E-state index < -0.39 is 24.0 Å². The molecule has 0 fully saturated rings. The summed E-state index contributed by atoms with van der Waals surface area (Å²) in [6.45, 7) is 3.87. The number of rotatable bonds is 8. The molecule has 2 amide bonds. The Kier molecular flexibility index (Phi) is 6.93. The number of thiazole rings is 1. The van der Waals surface area contributed by atoms with Gasteiger partial charge in [-0.05, 0) is 28.2 Å². The zero-order valence-electron chi connectivity index (χ0n) is 18.8. The first-order valence-electron chi connectivity index (χ1n) is 10.9. The summed E-state index contributed by atoms with van der Waals surface area (Å²) >= 11 is 0.991. The van der Waals surface area contributed by atoms with Crippen LogP contribution in [-0.2, 0) is 16.1 Å². The summed E-state index contributed by atoms with van der Waals surface area (Å²) in [5, 5.41) is 14.8. The second-order valence-electron chi connectivity index (χ2n) is 8.33. The number of nitrogens with one attached hydrogen (secondary N) is 2. The van der Waals surface area contributed by atoms with Crippen molar-refractivity contribution in [3.8, 4) is 11.1 Å². The van der Waals surface area contributed by atoms with Gasteiger partial charge in [0, 0.05) is 5.92 Å². The fourth-order valence-electron chi connectivity index (χ4n) is 4.07. The lowest BCUT2D eigenvalue weighted by Gasteiger charge is -2.22. The number of hydrogen-bond acceptors (Lipinski definition) is 6. The third-order valence-corrected chi connectivity index (χ3v) is 6.73. The highest BCUT2D eigenvalue weighted by atomic mass is 32.1. The van der Waals surface area contributed by atoms with Crippen molar-refractivity contribution in [1.29, 1.82) is 0 Å². The minimum absolute atomic E-state index is 0.0715. The molecule has 8 nitrogen and oxygen atoms in total. The van der Waals surface area contributed by atoms with E-state index in [1.54, 1.807) is 0 Å². The van der Waals surface area contributed by atoms with Crippen molar-refractivity contribution < 1.29 is 24.2 Å². The van der Waals surface area contributed by atoms with Crippen molar-refractivity contribution in [1.82, 2.24) is 15.6 Å². The van der Waals surface area contributed by atoms with E-state index in [-0.39, 0.29) is 29.9 Å². The Morgan fingerprint density at radius 2 is 1.68 bits per heavy atom. The number of carbonyl (C=O) groups is 3. The van der Waals surface area contributed by atoms with Gasteiger partial charge in [0.25, 0.3) is 0 Å². The van der Waals surface area contributed by atoms with E-state index in [1.807, 2.05) is 50.2 Å². The number of aromatic carboxylic acids is 1. The van der Waals surface area contributed by atoms with Gasteiger partial charge in [0.2, 0.25) is 5.91 Å². The van der Waals surface area contributed by atoms with Crippen molar-refractivity contribution in [3.05, 3.63) is 75.7 Å². The highest BCUT2D eigenvalue weighted by Gasteiger charge is 2.30. The number of carboxylic acid groups (broad SMARTS) is 1. The average Bonchev–Trinajstić information content (AvgIpc) is 3.43. The molecule has 0 spiro atoms. The maximum absolute atomic E-state index is 12.7. The van der Waals surface area contributed by atoms with Crippen molar-refractivity contribution in [3.63, 3.8) is 0 Å². The third kappa shape index (κ3) is 4.94. The summed E-state index contributed by atoms with van der Waals surface area (Å²) in [4.78, 5) is 40.4. The number of benzene rings is 2. The van der Waals surface area contributed by atoms with Gasteiger partial charge in [-0.3, -0.25) is 4.79 Å². The van der Waals surface area contributed by atoms with Gasteiger partial charge < -0.3 is 20.5 Å². The Bertz CT molecular complexity index is 1180. The molecule has 3 aromatic rings. The summed E-state index contributed by atoms with van der Waals surface area (Å²) in [6.07, 6.45) is 0.585. The highest BCUT2D eigenvalue weighted by Crippen LogP contribution is 2.44. The number of alkyl carbamates (subject to hydrolysis) is 1. The fraction of sp³-hybridized carbons (Fsp3) is 0.280. The molecule has 1 heterocycles. The Morgan fingerprint density at radius 3 is 2.24 bits per heavy atom. The van der Waals surface area contributed by atoms with Gasteiger partial charge >= 0.3 is 12.1 Å². The van der Waals surface area contributed by atoms with E-state index in [9.17, 15) is 14.4 Å². The molecule has 2 aromatic carbocycles. The Balaban J connectivity index is 1.36. The van der Waals surface area contributed by atoms with Crippen molar-refractivity contribution in [2.75, 3.05) is 6.61 Å². The molecule has 9 heteroatoms. The topological polar surface area (TPSA) is 118 Å². The predicted octanol–water partition coefficient (Wildman–Crippen LogP) is 4.02. The number of amides is 2. The van der Waals surface area contributed by atoms with Crippen LogP contribution in [0.5, 0.6) is 0 Å². The van der Waals surface area contributed by atoms with Crippen LogP contribution in [0.15, 0.2) is 54.7 Å². The van der Waals surface area contributed by atoms with E-state index in [0.29, 0.717) is 5.01 Å². The minimum Gasteiger partial charge on any atom is -0.477 e. The number of ether oxygens (including phenoxy) is 1. The maximum atomic E-state index is 12.7. The lowest BCUT2D eigenvalue weighted by atomic mass is 9.98. The molecule has 0 bridgehead atoms. The van der Waals surface area contributed by atoms with Gasteiger partial charge in [0.15, 0.2) is 0 Å². The van der Waals surface area contributed by atoms with Crippen LogP contribution in [0.4, 0.5) is 4.79 Å². The molecule has 3 N–H and O–H groups in total. The van der Waals surface area contributed by atoms with Crippen molar-refractivity contribution in [2.24, 2.45) is 5.92 Å². The molecule has 0 saturated heterocycles. The van der Waals surface area contributed by atoms with Crippen LogP contribution in [0, 0.1) is 5.92 Å². The maximum Gasteiger partial charge on any atom is 0.407 e. The first-order chi connectivity index (χ1) is 16.3.